The van der Waals surface area contributed by atoms with E-state index in [1.54, 1.807) is 14.1 Å². The maximum Gasteiger partial charge on any atom is 0.417 e. The van der Waals surface area contributed by atoms with Gasteiger partial charge in [-0.25, -0.2) is 19.2 Å². The van der Waals surface area contributed by atoms with E-state index >= 15 is 0 Å². The molecule has 0 amide bonds. The summed E-state index contributed by atoms with van der Waals surface area (Å²) in [5.41, 5.74) is 0.785. The lowest BCUT2D eigenvalue weighted by Crippen LogP contribution is -2.53. The normalized spacial score (nSPS) is 16.2. The highest BCUT2D eigenvalue weighted by Gasteiger charge is 2.30. The summed E-state index contributed by atoms with van der Waals surface area (Å²) in [6, 6.07) is 22.6. The molecule has 4 aromatic rings. The highest BCUT2D eigenvalue weighted by atomic mass is 16.6. The summed E-state index contributed by atoms with van der Waals surface area (Å²) in [5.74, 6) is -0.975. The fourth-order valence-electron chi connectivity index (χ4n) is 7.84. The molecule has 2 fully saturated rings. The number of benzene rings is 2. The molecule has 0 bridgehead atoms. The van der Waals surface area contributed by atoms with E-state index in [0.29, 0.717) is 76.8 Å². The lowest BCUT2D eigenvalue weighted by Gasteiger charge is -2.40. The van der Waals surface area contributed by atoms with E-state index in [1.165, 1.54) is 35.4 Å². The maximum atomic E-state index is 13.2. The van der Waals surface area contributed by atoms with Crippen LogP contribution >= 0.6 is 0 Å². The van der Waals surface area contributed by atoms with E-state index in [9.17, 15) is 28.8 Å². The van der Waals surface area contributed by atoms with Crippen molar-refractivity contribution in [3.63, 3.8) is 0 Å². The largest absolute Gasteiger partial charge is 0.456 e. The molecule has 0 aliphatic carbocycles. The number of nitrogens with zero attached hydrogens (tertiary/aromatic N) is 8. The first-order chi connectivity index (χ1) is 27.9. The Bertz CT molecular complexity index is 2110. The summed E-state index contributed by atoms with van der Waals surface area (Å²) in [6.07, 6.45) is 2.83. The van der Waals surface area contributed by atoms with Gasteiger partial charge in [0.15, 0.2) is 0 Å². The number of hydrogen-bond acceptors (Lipinski definition) is 12. The number of anilines is 2. The van der Waals surface area contributed by atoms with Crippen molar-refractivity contribution in [1.29, 1.82) is 0 Å². The monoisotopic (exact) mass is 798 g/mol. The van der Waals surface area contributed by atoms with Crippen molar-refractivity contribution in [2.24, 2.45) is 28.2 Å². The van der Waals surface area contributed by atoms with Crippen LogP contribution in [0.5, 0.6) is 0 Å². The van der Waals surface area contributed by atoms with Crippen molar-refractivity contribution < 1.29 is 19.1 Å². The van der Waals surface area contributed by atoms with Gasteiger partial charge in [-0.1, -0.05) is 60.7 Å². The summed E-state index contributed by atoms with van der Waals surface area (Å²) in [7, 11) is 6.22. The van der Waals surface area contributed by atoms with Crippen LogP contribution in [0.4, 0.5) is 11.6 Å². The van der Waals surface area contributed by atoms with Crippen LogP contribution in [0, 0.1) is 0 Å². The molecule has 16 nitrogen and oxygen atoms in total. The molecule has 2 saturated heterocycles. The number of carbonyl (C=O) groups is 2. The maximum absolute atomic E-state index is 13.2. The fraction of sp³-hybridized carbons (Fsp3) is 0.476. The lowest BCUT2D eigenvalue weighted by molar-refractivity contribution is -0.169. The first kappa shape index (κ1) is 41.9. The quantitative estimate of drug-likeness (QED) is 0.129. The molecule has 2 aromatic heterocycles. The van der Waals surface area contributed by atoms with Crippen molar-refractivity contribution in [2.75, 3.05) is 75.4 Å². The lowest BCUT2D eigenvalue weighted by atomic mass is 10.0. The fourth-order valence-corrected chi connectivity index (χ4v) is 7.84. The smallest absolute Gasteiger partial charge is 0.417 e. The second-order valence-electron chi connectivity index (χ2n) is 15.1. The Morgan fingerprint density at radius 1 is 0.517 bits per heavy atom. The molecule has 0 radical (unpaired) electrons. The van der Waals surface area contributed by atoms with Crippen LogP contribution in [0.25, 0.3) is 0 Å². The summed E-state index contributed by atoms with van der Waals surface area (Å²) in [4.78, 5) is 84.8. The number of hydrogen-bond donors (Lipinski definition) is 0. The summed E-state index contributed by atoms with van der Waals surface area (Å²) >= 11 is 0. The zero-order chi connectivity index (χ0) is 41.3. The molecule has 0 saturated carbocycles. The van der Waals surface area contributed by atoms with Gasteiger partial charge in [-0.15, -0.1) is 0 Å². The van der Waals surface area contributed by atoms with Gasteiger partial charge in [0, 0.05) is 105 Å². The minimum atomic E-state index is -1.04. The SMILES string of the molecule is Cn1c(N2CCN(C(CCc3ccccc3)COC(=O)C(=O)OCC(CCc3ccccc3)N3CCN(c4cc(=O)n(C)c(=O)n4C)CC3)CC2)cc(=O)n(C)c1=O. The van der Waals surface area contributed by atoms with Crippen molar-refractivity contribution in [3.05, 3.63) is 126 Å². The molecular weight excluding hydrogens is 745 g/mol. The highest BCUT2D eigenvalue weighted by molar-refractivity contribution is 6.29. The molecule has 6 rings (SSSR count). The van der Waals surface area contributed by atoms with Crippen LogP contribution in [0.15, 0.2) is 92.0 Å². The highest BCUT2D eigenvalue weighted by Crippen LogP contribution is 2.20. The Balaban J connectivity index is 1.07. The third-order valence-electron chi connectivity index (χ3n) is 11.5. The molecular formula is C42H54N8O8. The van der Waals surface area contributed by atoms with Crippen LogP contribution in [0.3, 0.4) is 0 Å². The van der Waals surface area contributed by atoms with Gasteiger partial charge < -0.3 is 19.3 Å². The van der Waals surface area contributed by atoms with E-state index < -0.39 is 11.9 Å². The Morgan fingerprint density at radius 3 is 1.21 bits per heavy atom. The van der Waals surface area contributed by atoms with E-state index in [1.807, 2.05) is 46.2 Å². The Kier molecular flexibility index (Phi) is 13.8. The molecule has 0 spiro atoms. The van der Waals surface area contributed by atoms with Gasteiger partial charge in [0.1, 0.15) is 24.8 Å². The van der Waals surface area contributed by atoms with Gasteiger partial charge in [0.25, 0.3) is 11.1 Å². The van der Waals surface area contributed by atoms with E-state index in [2.05, 4.69) is 34.1 Å². The number of carbonyl (C=O) groups excluding carboxylic acids is 2. The molecule has 2 atom stereocenters. The number of ether oxygens (including phenoxy) is 2. The first-order valence-corrected chi connectivity index (χ1v) is 19.8. The Morgan fingerprint density at radius 2 is 0.862 bits per heavy atom. The molecule has 2 aliphatic rings. The molecule has 16 heteroatoms. The van der Waals surface area contributed by atoms with Crippen molar-refractivity contribution >= 4 is 23.6 Å². The molecule has 0 N–H and O–H groups in total. The number of rotatable bonds is 14. The van der Waals surface area contributed by atoms with Gasteiger partial charge in [-0.2, -0.15) is 0 Å². The molecule has 2 unspecified atom stereocenters. The van der Waals surface area contributed by atoms with Gasteiger partial charge in [0.2, 0.25) is 0 Å². The molecule has 310 valence electrons. The van der Waals surface area contributed by atoms with Gasteiger partial charge in [0.05, 0.1) is 0 Å². The summed E-state index contributed by atoms with van der Waals surface area (Å²) < 4.78 is 16.4. The van der Waals surface area contributed by atoms with Crippen molar-refractivity contribution in [1.82, 2.24) is 28.1 Å². The number of aromatic nitrogens is 4. The third-order valence-corrected chi connectivity index (χ3v) is 11.5. The number of aryl methyl sites for hydroxylation is 2. The zero-order valence-electron chi connectivity index (χ0n) is 33.8. The minimum absolute atomic E-state index is 0.00434. The topological polar surface area (TPSA) is 154 Å². The summed E-state index contributed by atoms with van der Waals surface area (Å²) in [5, 5.41) is 0. The van der Waals surface area contributed by atoms with E-state index in [-0.39, 0.29) is 47.8 Å². The van der Waals surface area contributed by atoms with Crippen molar-refractivity contribution in [2.45, 2.75) is 37.8 Å². The van der Waals surface area contributed by atoms with Crippen LogP contribution in [0.2, 0.25) is 0 Å². The Labute approximate surface area is 337 Å². The standard InChI is InChI=1S/C42H54N8O8/c1-43-35(27-37(51)45(3)41(43)55)49-23-19-47(20-24-49)33(17-15-31-11-7-5-8-12-31)29-57-39(53)40(54)58-30-34(18-16-32-13-9-6-10-14-32)48-21-25-50(26-22-48)36-28-38(52)46(4)42(56)44(36)2/h5-14,27-28,33-34H,15-26,29-30H2,1-4H3. The zero-order valence-corrected chi connectivity index (χ0v) is 33.8. The first-order valence-electron chi connectivity index (χ1n) is 19.8. The summed E-state index contributed by atoms with van der Waals surface area (Å²) in [6.45, 7) is 4.59. The van der Waals surface area contributed by atoms with Gasteiger partial charge >= 0.3 is 23.3 Å². The number of piperazine rings is 2. The van der Waals surface area contributed by atoms with Crippen LogP contribution in [-0.4, -0.2) is 118 Å². The van der Waals surface area contributed by atoms with Crippen molar-refractivity contribution in [3.8, 4) is 0 Å². The average molecular weight is 799 g/mol. The Hall–Kier alpha value is -5.74. The third kappa shape index (κ3) is 10.0. The predicted octanol–water partition coefficient (Wildman–Crippen LogP) is 0.515. The second-order valence-corrected chi connectivity index (χ2v) is 15.1. The minimum Gasteiger partial charge on any atom is -0.456 e. The predicted molar refractivity (Wildman–Crippen MR) is 220 cm³/mol. The van der Waals surface area contributed by atoms with Crippen LogP contribution in [0.1, 0.15) is 24.0 Å². The van der Waals surface area contributed by atoms with Crippen LogP contribution in [-0.2, 0) is 60.1 Å². The van der Waals surface area contributed by atoms with Gasteiger partial charge in [-0.3, -0.25) is 37.7 Å². The number of esters is 2. The molecule has 4 heterocycles. The molecule has 2 aliphatic heterocycles. The van der Waals surface area contributed by atoms with Gasteiger partial charge in [-0.05, 0) is 36.8 Å². The van der Waals surface area contributed by atoms with E-state index in [0.717, 1.165) is 33.1 Å². The van der Waals surface area contributed by atoms with E-state index in [4.69, 9.17) is 9.47 Å². The average Bonchev–Trinajstić information content (AvgIpc) is 3.25. The molecule has 2 aromatic carbocycles. The van der Waals surface area contributed by atoms with Crippen LogP contribution < -0.4 is 32.3 Å². The molecule has 58 heavy (non-hydrogen) atoms. The second kappa shape index (κ2) is 19.1.